The highest BCUT2D eigenvalue weighted by molar-refractivity contribution is 6.31. The number of fused-ring (bicyclic) bond motifs is 1. The summed E-state index contributed by atoms with van der Waals surface area (Å²) in [5.41, 5.74) is -0.332. The summed E-state index contributed by atoms with van der Waals surface area (Å²) in [5, 5.41) is 0.534. The number of ether oxygens (including phenoxy) is 1. The van der Waals surface area contributed by atoms with Gasteiger partial charge in [0, 0.05) is 44.2 Å². The van der Waals surface area contributed by atoms with Crippen molar-refractivity contribution in [3.8, 4) is 5.75 Å². The number of piperazine rings is 1. The van der Waals surface area contributed by atoms with E-state index in [0.717, 1.165) is 32.7 Å². The lowest BCUT2D eigenvalue weighted by Gasteiger charge is -2.39. The third-order valence-corrected chi connectivity index (χ3v) is 5.29. The van der Waals surface area contributed by atoms with Crippen molar-refractivity contribution >= 4 is 29.1 Å². The quantitative estimate of drug-likeness (QED) is 0.806. The Hall–Kier alpha value is -1.79. The van der Waals surface area contributed by atoms with E-state index in [1.54, 1.807) is 36.9 Å². The molecular weight excluding hydrogens is 354 g/mol. The molecule has 1 aromatic carbocycles. The number of benzene rings is 1. The van der Waals surface area contributed by atoms with E-state index in [9.17, 15) is 9.59 Å². The van der Waals surface area contributed by atoms with E-state index in [1.807, 2.05) is 4.90 Å². The van der Waals surface area contributed by atoms with Gasteiger partial charge >= 0.3 is 0 Å². The number of anilines is 1. The molecule has 2 aliphatic heterocycles. The van der Waals surface area contributed by atoms with Crippen LogP contribution in [0.3, 0.4) is 0 Å². The van der Waals surface area contributed by atoms with E-state index in [2.05, 4.69) is 11.8 Å². The zero-order valence-electron chi connectivity index (χ0n) is 15.6. The zero-order chi connectivity index (χ0) is 18.9. The number of likely N-dealkylation sites (N-methyl/N-ethyl adjacent to an activating group) is 1. The third kappa shape index (κ3) is 3.81. The van der Waals surface area contributed by atoms with Gasteiger partial charge in [0.25, 0.3) is 5.91 Å². The van der Waals surface area contributed by atoms with Gasteiger partial charge < -0.3 is 19.4 Å². The van der Waals surface area contributed by atoms with Crippen molar-refractivity contribution in [2.75, 3.05) is 44.2 Å². The second-order valence-corrected chi connectivity index (χ2v) is 7.68. The van der Waals surface area contributed by atoms with Gasteiger partial charge in [-0.2, -0.15) is 0 Å². The Bertz CT molecular complexity index is 699. The van der Waals surface area contributed by atoms with Gasteiger partial charge in [0.2, 0.25) is 5.91 Å². The molecule has 1 saturated heterocycles. The fraction of sp³-hybridized carbons (Fsp3) is 0.579. The molecule has 0 atom stereocenters. The number of hydrogen-bond donors (Lipinski definition) is 0. The molecule has 1 aromatic rings. The van der Waals surface area contributed by atoms with Gasteiger partial charge in [-0.1, -0.05) is 18.5 Å². The Morgan fingerprint density at radius 1 is 1.23 bits per heavy atom. The SMILES string of the molecule is CCN1CCN(C(=O)CCN2C(=O)C(C)(C)Oc3ccc(Cl)cc32)CC1. The molecular formula is C19H26ClN3O3. The fourth-order valence-corrected chi connectivity index (χ4v) is 3.61. The molecule has 1 fully saturated rings. The predicted molar refractivity (Wildman–Crippen MR) is 102 cm³/mol. The van der Waals surface area contributed by atoms with E-state index in [-0.39, 0.29) is 11.8 Å². The molecule has 0 aromatic heterocycles. The van der Waals surface area contributed by atoms with Crippen molar-refractivity contribution in [2.24, 2.45) is 0 Å². The van der Waals surface area contributed by atoms with Crippen LogP contribution in [0.1, 0.15) is 27.2 Å². The minimum Gasteiger partial charge on any atom is -0.476 e. The van der Waals surface area contributed by atoms with Crippen LogP contribution in [0.2, 0.25) is 5.02 Å². The first-order valence-corrected chi connectivity index (χ1v) is 9.50. The first kappa shape index (κ1) is 19.0. The van der Waals surface area contributed by atoms with E-state index in [0.29, 0.717) is 29.4 Å². The van der Waals surface area contributed by atoms with Gasteiger partial charge in [-0.15, -0.1) is 0 Å². The van der Waals surface area contributed by atoms with Crippen molar-refractivity contribution in [3.05, 3.63) is 23.2 Å². The summed E-state index contributed by atoms with van der Waals surface area (Å²) in [6.07, 6.45) is 0.292. The first-order chi connectivity index (χ1) is 12.3. The molecule has 6 nitrogen and oxygen atoms in total. The smallest absolute Gasteiger partial charge is 0.270 e. The average Bonchev–Trinajstić information content (AvgIpc) is 2.62. The molecule has 26 heavy (non-hydrogen) atoms. The Morgan fingerprint density at radius 3 is 2.58 bits per heavy atom. The van der Waals surface area contributed by atoms with Crippen molar-refractivity contribution < 1.29 is 14.3 Å². The Kier molecular flexibility index (Phi) is 5.44. The molecule has 0 saturated carbocycles. The van der Waals surface area contributed by atoms with Crippen LogP contribution in [0.5, 0.6) is 5.75 Å². The van der Waals surface area contributed by atoms with E-state index in [4.69, 9.17) is 16.3 Å². The van der Waals surface area contributed by atoms with Crippen LogP contribution in [-0.4, -0.2) is 66.5 Å². The number of halogens is 1. The molecule has 7 heteroatoms. The minimum atomic E-state index is -0.962. The fourth-order valence-electron chi connectivity index (χ4n) is 3.44. The summed E-state index contributed by atoms with van der Waals surface area (Å²) in [5.74, 6) is 0.542. The van der Waals surface area contributed by atoms with Crippen LogP contribution in [0.4, 0.5) is 5.69 Å². The van der Waals surface area contributed by atoms with Crippen LogP contribution in [0, 0.1) is 0 Å². The molecule has 0 radical (unpaired) electrons. The van der Waals surface area contributed by atoms with Gasteiger partial charge in [-0.05, 0) is 38.6 Å². The lowest BCUT2D eigenvalue weighted by Crippen LogP contribution is -2.54. The maximum absolute atomic E-state index is 12.8. The lowest BCUT2D eigenvalue weighted by molar-refractivity contribution is -0.134. The maximum Gasteiger partial charge on any atom is 0.270 e. The Balaban J connectivity index is 1.70. The second kappa shape index (κ2) is 7.45. The number of nitrogens with zero attached hydrogens (tertiary/aromatic N) is 3. The molecule has 3 rings (SSSR count). The summed E-state index contributed by atoms with van der Waals surface area (Å²) < 4.78 is 5.81. The van der Waals surface area contributed by atoms with Crippen LogP contribution in [0.15, 0.2) is 18.2 Å². The van der Waals surface area contributed by atoms with Crippen molar-refractivity contribution in [1.29, 1.82) is 0 Å². The highest BCUT2D eigenvalue weighted by Gasteiger charge is 2.41. The molecule has 2 amide bonds. The van der Waals surface area contributed by atoms with Crippen molar-refractivity contribution in [1.82, 2.24) is 9.80 Å². The highest BCUT2D eigenvalue weighted by atomic mass is 35.5. The minimum absolute atomic E-state index is 0.0847. The van der Waals surface area contributed by atoms with Gasteiger partial charge in [0.05, 0.1) is 5.69 Å². The summed E-state index contributed by atoms with van der Waals surface area (Å²) in [6, 6.07) is 5.22. The molecule has 0 unspecified atom stereocenters. The van der Waals surface area contributed by atoms with Gasteiger partial charge in [0.1, 0.15) is 5.75 Å². The van der Waals surface area contributed by atoms with Crippen LogP contribution in [0.25, 0.3) is 0 Å². The van der Waals surface area contributed by atoms with Gasteiger partial charge in [-0.3, -0.25) is 9.59 Å². The molecule has 0 N–H and O–H groups in total. The summed E-state index contributed by atoms with van der Waals surface area (Å²) in [6.45, 7) is 10.3. The van der Waals surface area contributed by atoms with Crippen LogP contribution in [-0.2, 0) is 9.59 Å². The standard InChI is InChI=1S/C19H26ClN3O3/c1-4-21-9-11-22(12-10-21)17(24)7-8-23-15-13-14(20)5-6-16(15)26-19(2,3)18(23)25/h5-6,13H,4,7-12H2,1-3H3. The molecule has 142 valence electrons. The van der Waals surface area contributed by atoms with E-state index in [1.165, 1.54) is 0 Å². The molecule has 2 heterocycles. The largest absolute Gasteiger partial charge is 0.476 e. The monoisotopic (exact) mass is 379 g/mol. The molecule has 0 spiro atoms. The second-order valence-electron chi connectivity index (χ2n) is 7.25. The normalized spacial score (nSPS) is 19.9. The van der Waals surface area contributed by atoms with Crippen molar-refractivity contribution in [3.63, 3.8) is 0 Å². The van der Waals surface area contributed by atoms with E-state index < -0.39 is 5.60 Å². The van der Waals surface area contributed by atoms with Crippen LogP contribution < -0.4 is 9.64 Å². The number of rotatable bonds is 4. The highest BCUT2D eigenvalue weighted by Crippen LogP contribution is 2.39. The Labute approximate surface area is 159 Å². The third-order valence-electron chi connectivity index (χ3n) is 5.06. The van der Waals surface area contributed by atoms with E-state index >= 15 is 0 Å². The number of amides is 2. The first-order valence-electron chi connectivity index (χ1n) is 9.12. The van der Waals surface area contributed by atoms with Gasteiger partial charge in [0.15, 0.2) is 5.60 Å². The predicted octanol–water partition coefficient (Wildman–Crippen LogP) is 2.40. The average molecular weight is 380 g/mol. The summed E-state index contributed by atoms with van der Waals surface area (Å²) >= 11 is 6.10. The molecule has 2 aliphatic rings. The Morgan fingerprint density at radius 2 is 1.92 bits per heavy atom. The number of carbonyl (C=O) groups is 2. The van der Waals surface area contributed by atoms with Crippen molar-refractivity contribution in [2.45, 2.75) is 32.8 Å². The molecule has 0 aliphatic carbocycles. The number of carbonyl (C=O) groups excluding carboxylic acids is 2. The van der Waals surface area contributed by atoms with Crippen LogP contribution >= 0.6 is 11.6 Å². The summed E-state index contributed by atoms with van der Waals surface area (Å²) in [7, 11) is 0. The number of hydrogen-bond acceptors (Lipinski definition) is 4. The topological polar surface area (TPSA) is 53.1 Å². The summed E-state index contributed by atoms with van der Waals surface area (Å²) in [4.78, 5) is 31.3. The molecule has 0 bridgehead atoms. The lowest BCUT2D eigenvalue weighted by atomic mass is 10.0. The van der Waals surface area contributed by atoms with Gasteiger partial charge in [-0.25, -0.2) is 0 Å². The maximum atomic E-state index is 12.8. The zero-order valence-corrected chi connectivity index (χ0v) is 16.4.